The molecule has 1 atom stereocenters. The highest BCUT2D eigenvalue weighted by molar-refractivity contribution is 5.45. The number of fused-ring (bicyclic) bond motifs is 1. The van der Waals surface area contributed by atoms with Gasteiger partial charge in [0.05, 0.1) is 6.54 Å². The van der Waals surface area contributed by atoms with Crippen LogP contribution in [0.4, 0.5) is 0 Å². The molecule has 1 aromatic carbocycles. The Hall–Kier alpha value is -2.08. The van der Waals surface area contributed by atoms with Gasteiger partial charge in [-0.15, -0.1) is 10.2 Å². The summed E-state index contributed by atoms with van der Waals surface area (Å²) in [5, 5.41) is 11.5. The van der Waals surface area contributed by atoms with Gasteiger partial charge in [0.15, 0.2) is 11.5 Å². The molecule has 0 spiro atoms. The molecule has 20 heavy (non-hydrogen) atoms. The molecule has 0 radical (unpaired) electrons. The minimum absolute atomic E-state index is 0.200. The normalized spacial score (nSPS) is 14.5. The van der Waals surface area contributed by atoms with Crippen LogP contribution in [0.15, 0.2) is 24.5 Å². The Labute approximate surface area is 117 Å². The molecule has 6 nitrogen and oxygen atoms in total. The minimum Gasteiger partial charge on any atom is -0.454 e. The van der Waals surface area contributed by atoms with E-state index in [1.54, 1.807) is 6.33 Å². The average Bonchev–Trinajstić information content (AvgIpc) is 3.12. The Kier molecular flexibility index (Phi) is 3.56. The summed E-state index contributed by atoms with van der Waals surface area (Å²) in [6, 6.07) is 6.22. The van der Waals surface area contributed by atoms with Crippen molar-refractivity contribution in [2.75, 3.05) is 6.79 Å². The van der Waals surface area contributed by atoms with Gasteiger partial charge in [0.2, 0.25) is 6.79 Å². The Morgan fingerprint density at radius 2 is 2.20 bits per heavy atom. The van der Waals surface area contributed by atoms with Crippen LogP contribution in [0.3, 0.4) is 0 Å². The highest BCUT2D eigenvalue weighted by Crippen LogP contribution is 2.34. The molecular weight excluding hydrogens is 256 g/mol. The van der Waals surface area contributed by atoms with Gasteiger partial charge in [0, 0.05) is 12.6 Å². The number of ether oxygens (including phenoxy) is 2. The van der Waals surface area contributed by atoms with Crippen LogP contribution in [0, 0.1) is 0 Å². The van der Waals surface area contributed by atoms with E-state index in [4.69, 9.17) is 9.47 Å². The second-order valence-corrected chi connectivity index (χ2v) is 4.75. The third-order valence-corrected chi connectivity index (χ3v) is 3.50. The summed E-state index contributed by atoms with van der Waals surface area (Å²) in [5.41, 5.74) is 1.16. The van der Waals surface area contributed by atoms with Crippen LogP contribution in [0.2, 0.25) is 0 Å². The Balaban J connectivity index is 1.66. The zero-order valence-electron chi connectivity index (χ0n) is 11.7. The monoisotopic (exact) mass is 274 g/mol. The average molecular weight is 274 g/mol. The van der Waals surface area contributed by atoms with Crippen LogP contribution in [-0.2, 0) is 13.1 Å². The van der Waals surface area contributed by atoms with E-state index < -0.39 is 0 Å². The van der Waals surface area contributed by atoms with E-state index >= 15 is 0 Å². The summed E-state index contributed by atoms with van der Waals surface area (Å²) in [6.45, 7) is 6.06. The van der Waals surface area contributed by atoms with Crippen molar-refractivity contribution in [3.05, 3.63) is 35.9 Å². The van der Waals surface area contributed by atoms with E-state index in [1.807, 2.05) is 16.7 Å². The quantitative estimate of drug-likeness (QED) is 0.902. The van der Waals surface area contributed by atoms with E-state index in [9.17, 15) is 0 Å². The number of nitrogens with one attached hydrogen (secondary N) is 1. The first kappa shape index (κ1) is 12.9. The fourth-order valence-electron chi connectivity index (χ4n) is 2.22. The number of aromatic nitrogens is 3. The van der Waals surface area contributed by atoms with Crippen LogP contribution in [0.1, 0.15) is 31.3 Å². The van der Waals surface area contributed by atoms with Crippen molar-refractivity contribution < 1.29 is 9.47 Å². The predicted molar refractivity (Wildman–Crippen MR) is 73.5 cm³/mol. The van der Waals surface area contributed by atoms with E-state index in [1.165, 1.54) is 0 Å². The van der Waals surface area contributed by atoms with Crippen LogP contribution in [-0.4, -0.2) is 21.6 Å². The highest BCUT2D eigenvalue weighted by atomic mass is 16.7. The van der Waals surface area contributed by atoms with Gasteiger partial charge in [-0.25, -0.2) is 0 Å². The van der Waals surface area contributed by atoms with E-state index in [0.29, 0.717) is 13.3 Å². The van der Waals surface area contributed by atoms with Crippen molar-refractivity contribution in [3.8, 4) is 11.5 Å². The van der Waals surface area contributed by atoms with Crippen LogP contribution >= 0.6 is 0 Å². The number of aryl methyl sites for hydroxylation is 1. The highest BCUT2D eigenvalue weighted by Gasteiger charge is 2.15. The molecule has 1 N–H and O–H groups in total. The van der Waals surface area contributed by atoms with E-state index in [2.05, 4.69) is 35.4 Å². The smallest absolute Gasteiger partial charge is 0.231 e. The predicted octanol–water partition coefficient (Wildman–Crippen LogP) is 1.88. The lowest BCUT2D eigenvalue weighted by Crippen LogP contribution is -2.20. The maximum absolute atomic E-state index is 5.40. The Morgan fingerprint density at radius 3 is 3.05 bits per heavy atom. The maximum atomic E-state index is 5.40. The number of hydrogen-bond donors (Lipinski definition) is 1. The third-order valence-electron chi connectivity index (χ3n) is 3.50. The minimum atomic E-state index is 0.200. The van der Waals surface area contributed by atoms with Crippen molar-refractivity contribution in [1.82, 2.24) is 20.1 Å². The zero-order chi connectivity index (χ0) is 13.9. The fourth-order valence-corrected chi connectivity index (χ4v) is 2.22. The Bertz CT molecular complexity index is 597. The maximum Gasteiger partial charge on any atom is 0.231 e. The number of hydrogen-bond acceptors (Lipinski definition) is 5. The van der Waals surface area contributed by atoms with Crippen LogP contribution in [0.25, 0.3) is 0 Å². The topological polar surface area (TPSA) is 61.2 Å². The first-order chi connectivity index (χ1) is 9.78. The summed E-state index contributed by atoms with van der Waals surface area (Å²) in [4.78, 5) is 0. The molecule has 2 aromatic rings. The summed E-state index contributed by atoms with van der Waals surface area (Å²) in [5.74, 6) is 2.57. The molecule has 1 aromatic heterocycles. The molecule has 0 amide bonds. The zero-order valence-corrected chi connectivity index (χ0v) is 11.7. The largest absolute Gasteiger partial charge is 0.454 e. The van der Waals surface area contributed by atoms with Gasteiger partial charge in [-0.05, 0) is 31.5 Å². The van der Waals surface area contributed by atoms with E-state index in [0.717, 1.165) is 29.4 Å². The molecular formula is C14H18N4O2. The third kappa shape index (κ3) is 2.46. The number of nitrogens with zero attached hydrogens (tertiary/aromatic N) is 3. The second kappa shape index (κ2) is 5.50. The Morgan fingerprint density at radius 1 is 1.35 bits per heavy atom. The van der Waals surface area contributed by atoms with Crippen LogP contribution < -0.4 is 14.8 Å². The molecule has 3 rings (SSSR count). The molecule has 6 heteroatoms. The molecule has 2 heterocycles. The SMILES string of the molecule is CCn1cnnc1CNC(C)c1ccc2c(c1)OCO2. The molecule has 1 aliphatic heterocycles. The van der Waals surface area contributed by atoms with Crippen LogP contribution in [0.5, 0.6) is 11.5 Å². The van der Waals surface area contributed by atoms with Crippen molar-refractivity contribution >= 4 is 0 Å². The molecule has 1 unspecified atom stereocenters. The van der Waals surface area contributed by atoms with Gasteiger partial charge in [-0.2, -0.15) is 0 Å². The molecule has 0 saturated carbocycles. The van der Waals surface area contributed by atoms with Crippen molar-refractivity contribution in [1.29, 1.82) is 0 Å². The van der Waals surface area contributed by atoms with Gasteiger partial charge < -0.3 is 19.4 Å². The lowest BCUT2D eigenvalue weighted by atomic mass is 10.1. The molecule has 0 saturated heterocycles. The van der Waals surface area contributed by atoms with Gasteiger partial charge in [-0.3, -0.25) is 0 Å². The van der Waals surface area contributed by atoms with Gasteiger partial charge >= 0.3 is 0 Å². The first-order valence-electron chi connectivity index (χ1n) is 6.77. The van der Waals surface area contributed by atoms with Gasteiger partial charge in [-0.1, -0.05) is 6.07 Å². The van der Waals surface area contributed by atoms with Crippen molar-refractivity contribution in [2.45, 2.75) is 33.0 Å². The molecule has 0 bridgehead atoms. The standard InChI is InChI=1S/C14H18N4O2/c1-3-18-8-16-17-14(18)7-15-10(2)11-4-5-12-13(6-11)20-9-19-12/h4-6,8,10,15H,3,7,9H2,1-2H3. The molecule has 1 aliphatic rings. The first-order valence-corrected chi connectivity index (χ1v) is 6.77. The summed E-state index contributed by atoms with van der Waals surface area (Å²) in [6.07, 6.45) is 1.75. The summed E-state index contributed by atoms with van der Waals surface area (Å²) < 4.78 is 12.7. The van der Waals surface area contributed by atoms with Crippen molar-refractivity contribution in [3.63, 3.8) is 0 Å². The number of benzene rings is 1. The molecule has 0 aliphatic carbocycles. The summed E-state index contributed by atoms with van der Waals surface area (Å²) >= 11 is 0. The van der Waals surface area contributed by atoms with E-state index in [-0.39, 0.29) is 6.04 Å². The summed E-state index contributed by atoms with van der Waals surface area (Å²) in [7, 11) is 0. The van der Waals surface area contributed by atoms with Crippen molar-refractivity contribution in [2.24, 2.45) is 0 Å². The fraction of sp³-hybridized carbons (Fsp3) is 0.429. The second-order valence-electron chi connectivity index (χ2n) is 4.75. The lowest BCUT2D eigenvalue weighted by molar-refractivity contribution is 0.174. The van der Waals surface area contributed by atoms with Gasteiger partial charge in [0.25, 0.3) is 0 Å². The van der Waals surface area contributed by atoms with Gasteiger partial charge in [0.1, 0.15) is 12.2 Å². The number of rotatable bonds is 5. The lowest BCUT2D eigenvalue weighted by Gasteiger charge is -2.14. The molecule has 106 valence electrons. The molecule has 0 fully saturated rings.